The van der Waals surface area contributed by atoms with Crippen molar-refractivity contribution in [3.05, 3.63) is 12.7 Å². The fraction of sp³-hybridized carbons (Fsp3) is 0.769. The summed E-state index contributed by atoms with van der Waals surface area (Å²) < 4.78 is 0. The first kappa shape index (κ1) is 13.1. The van der Waals surface area contributed by atoms with Crippen molar-refractivity contribution in [2.45, 2.75) is 33.6 Å². The number of hydrogen-bond acceptors (Lipinski definition) is 1. The Bertz CT molecular complexity index is 260. The molecule has 0 bridgehead atoms. The monoisotopic (exact) mass is 223 g/mol. The second kappa shape index (κ2) is 5.92. The zero-order valence-electron chi connectivity index (χ0n) is 10.9. The van der Waals surface area contributed by atoms with Gasteiger partial charge in [0.05, 0.1) is 6.54 Å². The van der Waals surface area contributed by atoms with Gasteiger partial charge in [-0.3, -0.25) is 0 Å². The minimum absolute atomic E-state index is 0.463. The van der Waals surface area contributed by atoms with Crippen LogP contribution in [0.15, 0.2) is 17.6 Å². The largest absolute Gasteiger partial charge is 0.357 e. The van der Waals surface area contributed by atoms with Gasteiger partial charge >= 0.3 is 0 Å². The lowest BCUT2D eigenvalue weighted by molar-refractivity contribution is 0.322. The number of rotatable bonds is 4. The molecule has 0 aromatic heterocycles. The fourth-order valence-electron chi connectivity index (χ4n) is 2.07. The molecule has 16 heavy (non-hydrogen) atoms. The summed E-state index contributed by atoms with van der Waals surface area (Å²) in [6, 6.07) is 0. The Morgan fingerprint density at radius 1 is 1.56 bits per heavy atom. The van der Waals surface area contributed by atoms with Gasteiger partial charge in [0, 0.05) is 19.6 Å². The molecule has 1 aliphatic rings. The van der Waals surface area contributed by atoms with E-state index < -0.39 is 0 Å². The van der Waals surface area contributed by atoms with Gasteiger partial charge in [-0.2, -0.15) is 0 Å². The highest BCUT2D eigenvalue weighted by Gasteiger charge is 2.33. The molecular formula is C13H25N3. The maximum atomic E-state index is 4.53. The molecule has 0 spiro atoms. The lowest BCUT2D eigenvalue weighted by Crippen LogP contribution is -2.41. The molecule has 3 nitrogen and oxygen atoms in total. The van der Waals surface area contributed by atoms with Gasteiger partial charge in [-0.15, -0.1) is 6.58 Å². The van der Waals surface area contributed by atoms with Crippen molar-refractivity contribution in [3.63, 3.8) is 0 Å². The molecule has 1 heterocycles. The van der Waals surface area contributed by atoms with Gasteiger partial charge in [-0.25, -0.2) is 4.99 Å². The first-order valence-corrected chi connectivity index (χ1v) is 6.29. The summed E-state index contributed by atoms with van der Waals surface area (Å²) >= 11 is 0. The second-order valence-corrected chi connectivity index (χ2v) is 4.82. The fourth-order valence-corrected chi connectivity index (χ4v) is 2.07. The number of likely N-dealkylation sites (tertiary alicyclic amines) is 1. The van der Waals surface area contributed by atoms with Gasteiger partial charge in [0.25, 0.3) is 0 Å². The minimum Gasteiger partial charge on any atom is -0.357 e. The average molecular weight is 223 g/mol. The summed E-state index contributed by atoms with van der Waals surface area (Å²) in [6.07, 6.45) is 4.35. The van der Waals surface area contributed by atoms with Crippen LogP contribution in [0, 0.1) is 5.41 Å². The normalized spacial score (nSPS) is 25.9. The molecule has 0 aromatic rings. The lowest BCUT2D eigenvalue weighted by Gasteiger charge is -2.25. The van der Waals surface area contributed by atoms with Crippen molar-refractivity contribution in [2.24, 2.45) is 10.4 Å². The lowest BCUT2D eigenvalue weighted by atomic mass is 9.87. The maximum absolute atomic E-state index is 4.53. The Morgan fingerprint density at radius 3 is 2.81 bits per heavy atom. The standard InChI is InChI=1S/C13H25N3/c1-5-9-15-12(14-7-3)16-10-8-13(4,6-2)11-16/h5H,1,6-11H2,2-4H3,(H,14,15). The van der Waals surface area contributed by atoms with E-state index in [-0.39, 0.29) is 0 Å². The van der Waals surface area contributed by atoms with E-state index in [4.69, 9.17) is 0 Å². The van der Waals surface area contributed by atoms with E-state index in [9.17, 15) is 0 Å². The minimum atomic E-state index is 0.463. The summed E-state index contributed by atoms with van der Waals surface area (Å²) in [5.41, 5.74) is 0.463. The van der Waals surface area contributed by atoms with E-state index in [1.165, 1.54) is 12.8 Å². The summed E-state index contributed by atoms with van der Waals surface area (Å²) in [7, 11) is 0. The van der Waals surface area contributed by atoms with Gasteiger partial charge in [0.15, 0.2) is 5.96 Å². The third-order valence-corrected chi connectivity index (χ3v) is 3.42. The molecule has 1 atom stereocenters. The molecular weight excluding hydrogens is 198 g/mol. The molecule has 0 amide bonds. The van der Waals surface area contributed by atoms with Crippen LogP contribution in [0.2, 0.25) is 0 Å². The SMILES string of the molecule is C=CCN=C(NCC)N1CCC(C)(CC)C1. The van der Waals surface area contributed by atoms with E-state index in [1.807, 2.05) is 6.08 Å². The van der Waals surface area contributed by atoms with Crippen LogP contribution in [0.5, 0.6) is 0 Å². The van der Waals surface area contributed by atoms with Crippen molar-refractivity contribution in [1.82, 2.24) is 10.2 Å². The molecule has 0 aromatic carbocycles. The number of hydrogen-bond donors (Lipinski definition) is 1. The Balaban J connectivity index is 2.63. The highest BCUT2D eigenvalue weighted by molar-refractivity contribution is 5.80. The van der Waals surface area contributed by atoms with Gasteiger partial charge < -0.3 is 10.2 Å². The van der Waals surface area contributed by atoms with Crippen LogP contribution < -0.4 is 5.32 Å². The third kappa shape index (κ3) is 3.26. The molecule has 1 N–H and O–H groups in total. The first-order chi connectivity index (χ1) is 7.65. The van der Waals surface area contributed by atoms with Crippen molar-refractivity contribution in [3.8, 4) is 0 Å². The zero-order chi connectivity index (χ0) is 12.0. The molecule has 1 unspecified atom stereocenters. The molecule has 1 fully saturated rings. The zero-order valence-corrected chi connectivity index (χ0v) is 10.9. The summed E-state index contributed by atoms with van der Waals surface area (Å²) in [5.74, 6) is 1.04. The van der Waals surface area contributed by atoms with Crippen LogP contribution in [0.3, 0.4) is 0 Å². The van der Waals surface area contributed by atoms with Gasteiger partial charge in [-0.05, 0) is 25.2 Å². The van der Waals surface area contributed by atoms with E-state index >= 15 is 0 Å². The van der Waals surface area contributed by atoms with Crippen LogP contribution in [0.1, 0.15) is 33.6 Å². The highest BCUT2D eigenvalue weighted by atomic mass is 15.3. The average Bonchev–Trinajstić information content (AvgIpc) is 2.68. The number of guanidine groups is 1. The molecule has 0 saturated carbocycles. The smallest absolute Gasteiger partial charge is 0.194 e. The topological polar surface area (TPSA) is 27.6 Å². The Hall–Kier alpha value is -0.990. The number of nitrogens with zero attached hydrogens (tertiary/aromatic N) is 2. The van der Waals surface area contributed by atoms with Crippen LogP contribution >= 0.6 is 0 Å². The Labute approximate surface area is 99.6 Å². The van der Waals surface area contributed by atoms with Gasteiger partial charge in [0.1, 0.15) is 0 Å². The van der Waals surface area contributed by atoms with E-state index in [0.717, 1.165) is 25.6 Å². The first-order valence-electron chi connectivity index (χ1n) is 6.29. The predicted molar refractivity (Wildman–Crippen MR) is 70.8 cm³/mol. The maximum Gasteiger partial charge on any atom is 0.194 e. The van der Waals surface area contributed by atoms with E-state index in [1.54, 1.807) is 0 Å². The van der Waals surface area contributed by atoms with Crippen LogP contribution in [0.4, 0.5) is 0 Å². The van der Waals surface area contributed by atoms with Crippen molar-refractivity contribution in [1.29, 1.82) is 0 Å². The second-order valence-electron chi connectivity index (χ2n) is 4.82. The van der Waals surface area contributed by atoms with Crippen LogP contribution in [0.25, 0.3) is 0 Å². The van der Waals surface area contributed by atoms with Crippen molar-refractivity contribution >= 4 is 5.96 Å². The Morgan fingerprint density at radius 2 is 2.31 bits per heavy atom. The van der Waals surface area contributed by atoms with E-state index in [2.05, 4.69) is 42.6 Å². The summed E-state index contributed by atoms with van der Waals surface area (Å²) in [5, 5.41) is 3.35. The summed E-state index contributed by atoms with van der Waals surface area (Å²) in [4.78, 5) is 6.90. The number of nitrogens with one attached hydrogen (secondary N) is 1. The Kier molecular flexibility index (Phi) is 4.84. The quantitative estimate of drug-likeness (QED) is 0.450. The molecule has 0 radical (unpaired) electrons. The van der Waals surface area contributed by atoms with Crippen molar-refractivity contribution in [2.75, 3.05) is 26.2 Å². The van der Waals surface area contributed by atoms with Crippen LogP contribution in [-0.4, -0.2) is 37.0 Å². The third-order valence-electron chi connectivity index (χ3n) is 3.42. The molecule has 3 heteroatoms. The van der Waals surface area contributed by atoms with Crippen molar-refractivity contribution < 1.29 is 0 Å². The molecule has 92 valence electrons. The molecule has 1 saturated heterocycles. The predicted octanol–water partition coefficient (Wildman–Crippen LogP) is 2.26. The molecule has 1 rings (SSSR count). The highest BCUT2D eigenvalue weighted by Crippen LogP contribution is 2.32. The molecule has 1 aliphatic heterocycles. The molecule has 0 aliphatic carbocycles. The van der Waals surface area contributed by atoms with Gasteiger partial charge in [0.2, 0.25) is 0 Å². The number of aliphatic imine (C=N–C) groups is 1. The van der Waals surface area contributed by atoms with Crippen LogP contribution in [-0.2, 0) is 0 Å². The van der Waals surface area contributed by atoms with E-state index in [0.29, 0.717) is 12.0 Å². The van der Waals surface area contributed by atoms with Gasteiger partial charge in [-0.1, -0.05) is 19.9 Å². The summed E-state index contributed by atoms with van der Waals surface area (Å²) in [6.45, 7) is 14.3.